The zero-order chi connectivity index (χ0) is 17.1. The zero-order valence-corrected chi connectivity index (χ0v) is 14.9. The summed E-state index contributed by atoms with van der Waals surface area (Å²) in [4.78, 5) is 4.17. The van der Waals surface area contributed by atoms with Gasteiger partial charge in [0.05, 0.1) is 20.4 Å². The van der Waals surface area contributed by atoms with Crippen LogP contribution in [0, 0.1) is 5.82 Å². The minimum absolute atomic E-state index is 0.348. The summed E-state index contributed by atoms with van der Waals surface area (Å²) in [7, 11) is 3.22. The molecule has 0 amide bonds. The standard InChI is InChI=1S/C18H16BrFN2O2/c1-23-13-5-3-11(17(8-13)24-2)9-21-18-14-6-4-12(19)7-15(14)16(20)10-22-18/h3-8,10H,9H2,1-2H3,(H,21,22). The van der Waals surface area contributed by atoms with E-state index in [2.05, 4.69) is 26.2 Å². The molecule has 0 aliphatic rings. The number of anilines is 1. The second-order valence-electron chi connectivity index (χ2n) is 5.18. The molecule has 0 bridgehead atoms. The first kappa shape index (κ1) is 16.5. The molecule has 2 aromatic carbocycles. The number of nitrogens with zero attached hydrogens (tertiary/aromatic N) is 1. The maximum Gasteiger partial charge on any atom is 0.149 e. The Kier molecular flexibility index (Phi) is 4.85. The number of ether oxygens (including phenoxy) is 2. The van der Waals surface area contributed by atoms with E-state index in [-0.39, 0.29) is 5.82 Å². The largest absolute Gasteiger partial charge is 0.497 e. The van der Waals surface area contributed by atoms with Crippen LogP contribution in [-0.2, 0) is 6.54 Å². The maximum atomic E-state index is 14.0. The van der Waals surface area contributed by atoms with Crippen LogP contribution in [0.25, 0.3) is 10.8 Å². The van der Waals surface area contributed by atoms with Gasteiger partial charge in [0.2, 0.25) is 0 Å². The van der Waals surface area contributed by atoms with E-state index in [1.165, 1.54) is 6.20 Å². The van der Waals surface area contributed by atoms with Crippen LogP contribution in [0.1, 0.15) is 5.56 Å². The lowest BCUT2D eigenvalue weighted by molar-refractivity contribution is 0.391. The van der Waals surface area contributed by atoms with Crippen molar-refractivity contribution in [2.45, 2.75) is 6.54 Å². The molecule has 4 nitrogen and oxygen atoms in total. The third kappa shape index (κ3) is 3.28. The van der Waals surface area contributed by atoms with Gasteiger partial charge in [0.15, 0.2) is 0 Å². The Labute approximate surface area is 147 Å². The van der Waals surface area contributed by atoms with Gasteiger partial charge >= 0.3 is 0 Å². The minimum atomic E-state index is -0.348. The van der Waals surface area contributed by atoms with E-state index in [1.54, 1.807) is 20.3 Å². The molecular formula is C18H16BrFN2O2. The Morgan fingerprint density at radius 1 is 1.08 bits per heavy atom. The van der Waals surface area contributed by atoms with Crippen molar-refractivity contribution >= 4 is 32.5 Å². The fourth-order valence-electron chi connectivity index (χ4n) is 2.50. The van der Waals surface area contributed by atoms with E-state index in [1.807, 2.05) is 30.3 Å². The van der Waals surface area contributed by atoms with Crippen LogP contribution in [0.4, 0.5) is 10.2 Å². The van der Waals surface area contributed by atoms with E-state index < -0.39 is 0 Å². The van der Waals surface area contributed by atoms with E-state index in [0.29, 0.717) is 17.7 Å². The Morgan fingerprint density at radius 3 is 2.67 bits per heavy atom. The number of benzene rings is 2. The Bertz CT molecular complexity index is 886. The monoisotopic (exact) mass is 390 g/mol. The van der Waals surface area contributed by atoms with Crippen LogP contribution in [0.15, 0.2) is 47.1 Å². The summed E-state index contributed by atoms with van der Waals surface area (Å²) in [6.45, 7) is 0.497. The highest BCUT2D eigenvalue weighted by Crippen LogP contribution is 2.29. The van der Waals surface area contributed by atoms with Crippen LogP contribution in [0.3, 0.4) is 0 Å². The fraction of sp³-hybridized carbons (Fsp3) is 0.167. The van der Waals surface area contributed by atoms with Crippen molar-refractivity contribution in [1.82, 2.24) is 4.98 Å². The second kappa shape index (κ2) is 7.05. The van der Waals surface area contributed by atoms with Crippen molar-refractivity contribution < 1.29 is 13.9 Å². The maximum absolute atomic E-state index is 14.0. The number of nitrogens with one attached hydrogen (secondary N) is 1. The van der Waals surface area contributed by atoms with Crippen LogP contribution in [0.2, 0.25) is 0 Å². The molecular weight excluding hydrogens is 375 g/mol. The molecule has 24 heavy (non-hydrogen) atoms. The summed E-state index contributed by atoms with van der Waals surface area (Å²) in [5.74, 6) is 1.72. The molecule has 3 rings (SSSR count). The fourth-order valence-corrected chi connectivity index (χ4v) is 2.86. The Morgan fingerprint density at radius 2 is 1.92 bits per heavy atom. The zero-order valence-electron chi connectivity index (χ0n) is 13.3. The average Bonchev–Trinajstić information content (AvgIpc) is 2.61. The molecule has 1 aromatic heterocycles. The van der Waals surface area contributed by atoms with Crippen molar-refractivity contribution in [3.63, 3.8) is 0 Å². The number of fused-ring (bicyclic) bond motifs is 1. The molecule has 0 unspecified atom stereocenters. The third-order valence-corrected chi connectivity index (χ3v) is 4.23. The van der Waals surface area contributed by atoms with E-state index >= 15 is 0 Å². The first-order valence-corrected chi connectivity index (χ1v) is 8.10. The van der Waals surface area contributed by atoms with Gasteiger partial charge in [-0.1, -0.05) is 15.9 Å². The summed E-state index contributed by atoms with van der Waals surface area (Å²) in [5.41, 5.74) is 0.953. The summed E-state index contributed by atoms with van der Waals surface area (Å²) in [5, 5.41) is 4.49. The summed E-state index contributed by atoms with van der Waals surface area (Å²) in [6.07, 6.45) is 1.22. The number of pyridine rings is 1. The molecule has 6 heteroatoms. The van der Waals surface area contributed by atoms with Gasteiger partial charge in [-0.15, -0.1) is 0 Å². The number of methoxy groups -OCH3 is 2. The SMILES string of the molecule is COc1ccc(CNc2ncc(F)c3cc(Br)ccc23)c(OC)c1. The molecule has 0 spiro atoms. The number of hydrogen-bond acceptors (Lipinski definition) is 4. The number of aromatic nitrogens is 1. The number of halogens is 2. The molecule has 0 saturated heterocycles. The van der Waals surface area contributed by atoms with E-state index in [4.69, 9.17) is 9.47 Å². The first-order chi connectivity index (χ1) is 11.6. The van der Waals surface area contributed by atoms with Gasteiger partial charge < -0.3 is 14.8 Å². The van der Waals surface area contributed by atoms with Gasteiger partial charge in [-0.2, -0.15) is 0 Å². The topological polar surface area (TPSA) is 43.4 Å². The van der Waals surface area contributed by atoms with Crippen molar-refractivity contribution in [2.75, 3.05) is 19.5 Å². The van der Waals surface area contributed by atoms with Crippen molar-refractivity contribution in [3.05, 3.63) is 58.4 Å². The highest BCUT2D eigenvalue weighted by atomic mass is 79.9. The van der Waals surface area contributed by atoms with Gasteiger partial charge in [0.1, 0.15) is 23.1 Å². The van der Waals surface area contributed by atoms with E-state index in [9.17, 15) is 4.39 Å². The molecule has 1 heterocycles. The van der Waals surface area contributed by atoms with Gasteiger partial charge in [0.25, 0.3) is 0 Å². The molecule has 0 saturated carbocycles. The number of rotatable bonds is 5. The van der Waals surface area contributed by atoms with Crippen molar-refractivity contribution in [1.29, 1.82) is 0 Å². The molecule has 0 atom stereocenters. The predicted octanol–water partition coefficient (Wildman–Crippen LogP) is 4.77. The molecule has 124 valence electrons. The van der Waals surface area contributed by atoms with Gasteiger partial charge in [-0.25, -0.2) is 9.37 Å². The molecule has 0 aliphatic heterocycles. The average molecular weight is 391 g/mol. The minimum Gasteiger partial charge on any atom is -0.497 e. The highest BCUT2D eigenvalue weighted by molar-refractivity contribution is 9.10. The van der Waals surface area contributed by atoms with Gasteiger partial charge in [-0.3, -0.25) is 0 Å². The quantitative estimate of drug-likeness (QED) is 0.681. The summed E-state index contributed by atoms with van der Waals surface area (Å²) < 4.78 is 25.4. The lowest BCUT2D eigenvalue weighted by Crippen LogP contribution is -2.04. The molecule has 3 aromatic rings. The normalized spacial score (nSPS) is 10.7. The summed E-state index contributed by atoms with van der Waals surface area (Å²) in [6, 6.07) is 11.1. The predicted molar refractivity (Wildman–Crippen MR) is 96.3 cm³/mol. The molecule has 0 radical (unpaired) electrons. The van der Waals surface area contributed by atoms with Crippen molar-refractivity contribution in [3.8, 4) is 11.5 Å². The van der Waals surface area contributed by atoms with Crippen LogP contribution in [0.5, 0.6) is 11.5 Å². The molecule has 1 N–H and O–H groups in total. The number of hydrogen-bond donors (Lipinski definition) is 1. The third-order valence-electron chi connectivity index (χ3n) is 3.74. The van der Waals surface area contributed by atoms with Gasteiger partial charge in [0, 0.05) is 33.4 Å². The first-order valence-electron chi connectivity index (χ1n) is 7.31. The second-order valence-corrected chi connectivity index (χ2v) is 6.09. The Balaban J connectivity index is 1.90. The van der Waals surface area contributed by atoms with E-state index in [0.717, 1.165) is 26.9 Å². The lowest BCUT2D eigenvalue weighted by Gasteiger charge is -2.13. The molecule has 0 aliphatic carbocycles. The lowest BCUT2D eigenvalue weighted by atomic mass is 10.1. The van der Waals surface area contributed by atoms with Gasteiger partial charge in [-0.05, 0) is 30.3 Å². The van der Waals surface area contributed by atoms with Crippen molar-refractivity contribution in [2.24, 2.45) is 0 Å². The molecule has 0 fully saturated rings. The van der Waals surface area contributed by atoms with Crippen LogP contribution >= 0.6 is 15.9 Å². The summed E-state index contributed by atoms with van der Waals surface area (Å²) >= 11 is 3.36. The Hall–Kier alpha value is -2.34. The highest BCUT2D eigenvalue weighted by Gasteiger charge is 2.10. The van der Waals surface area contributed by atoms with Crippen LogP contribution < -0.4 is 14.8 Å². The smallest absolute Gasteiger partial charge is 0.149 e. The van der Waals surface area contributed by atoms with Crippen LogP contribution in [-0.4, -0.2) is 19.2 Å².